The minimum absolute atomic E-state index is 0.0372. The highest BCUT2D eigenvalue weighted by Crippen LogP contribution is 2.75. The zero-order valence-electron chi connectivity index (χ0n) is 25.7. The first-order valence-corrected chi connectivity index (χ1v) is 15.4. The van der Waals surface area contributed by atoms with Gasteiger partial charge in [-0.2, -0.15) is 5.06 Å². The van der Waals surface area contributed by atoms with E-state index < -0.39 is 5.41 Å². The molecule has 0 aliphatic heterocycles. The van der Waals surface area contributed by atoms with Crippen molar-refractivity contribution in [3.63, 3.8) is 0 Å². The Morgan fingerprint density at radius 2 is 1.72 bits per heavy atom. The number of nitrogens with zero attached hydrogens (tertiary/aromatic N) is 1. The summed E-state index contributed by atoms with van der Waals surface area (Å²) in [5.41, 5.74) is 0.257. The number of fused-ring (bicyclic) bond motifs is 7. The normalized spacial score (nSPS) is 48.3. The van der Waals surface area contributed by atoms with Gasteiger partial charge in [-0.1, -0.05) is 60.5 Å². The SMILES string of the molecule is C#CON(CC)C(=O)[C@@]1(C)CC[C@]2(C)CC[C@]3(C)C(=CC(=O)[C@@H]4[C@@]5(C)CC[C@H](O)C(C)(C)C5CC[C@]43C)[C@@H]2C1. The van der Waals surface area contributed by atoms with Gasteiger partial charge in [0.15, 0.2) is 5.78 Å². The van der Waals surface area contributed by atoms with E-state index >= 15 is 0 Å². The first-order chi connectivity index (χ1) is 18.0. The highest BCUT2D eigenvalue weighted by Gasteiger charge is 2.70. The second-order valence-electron chi connectivity index (χ2n) is 15.8. The molecule has 5 aliphatic rings. The molecular formula is C34H51NO4. The Labute approximate surface area is 236 Å². The minimum Gasteiger partial charge on any atom is -0.393 e. The van der Waals surface area contributed by atoms with Gasteiger partial charge in [0.2, 0.25) is 0 Å². The highest BCUT2D eigenvalue weighted by molar-refractivity contribution is 5.95. The summed E-state index contributed by atoms with van der Waals surface area (Å²) in [5.74, 6) is 0.721. The number of terminal acetylenes is 1. The van der Waals surface area contributed by atoms with Crippen molar-refractivity contribution < 1.29 is 19.5 Å². The van der Waals surface area contributed by atoms with E-state index in [2.05, 4.69) is 60.6 Å². The van der Waals surface area contributed by atoms with E-state index in [1.54, 1.807) is 0 Å². The summed E-state index contributed by atoms with van der Waals surface area (Å²) < 4.78 is 0. The molecule has 0 aromatic rings. The van der Waals surface area contributed by atoms with E-state index in [1.807, 2.05) is 6.92 Å². The quantitative estimate of drug-likeness (QED) is 0.321. The van der Waals surface area contributed by atoms with Crippen LogP contribution in [0, 0.1) is 62.8 Å². The molecule has 5 heteroatoms. The first kappa shape index (κ1) is 28.7. The van der Waals surface area contributed by atoms with Crippen molar-refractivity contribution in [3.8, 4) is 12.5 Å². The van der Waals surface area contributed by atoms with E-state index in [0.717, 1.165) is 57.8 Å². The fraction of sp³-hybridized carbons (Fsp3) is 0.824. The van der Waals surface area contributed by atoms with Crippen molar-refractivity contribution >= 4 is 11.7 Å². The molecule has 0 bridgehead atoms. The number of carbonyl (C=O) groups is 2. The van der Waals surface area contributed by atoms with Crippen LogP contribution in [-0.2, 0) is 14.4 Å². The average Bonchev–Trinajstić information content (AvgIpc) is 2.87. The number of ketones is 1. The Hall–Kier alpha value is -1.80. The molecule has 0 saturated heterocycles. The maximum Gasteiger partial charge on any atom is 0.261 e. The van der Waals surface area contributed by atoms with E-state index in [4.69, 9.17) is 11.3 Å². The summed E-state index contributed by atoms with van der Waals surface area (Å²) in [6.45, 7) is 18.4. The van der Waals surface area contributed by atoms with E-state index in [-0.39, 0.29) is 56.7 Å². The molecule has 4 fully saturated rings. The summed E-state index contributed by atoms with van der Waals surface area (Å²) in [5, 5.41) is 12.3. The standard InChI is InChI=1S/C34H51NO4/c1-10-35(39-11-2)28(38)31(6)17-16-30(5)18-19-33(8)22(23(30)21-31)20-24(36)27-32(7)14-13-26(37)29(3,4)25(32)12-15-34(27,33)9/h2,20,23,25-27,37H,10,12-19,21H2,1,3-9H3/t23-,25?,26-,27+,30+,31-,32-,33+,34+/m0/s1. The summed E-state index contributed by atoms with van der Waals surface area (Å²) in [6.07, 6.45) is 17.8. The fourth-order valence-electron chi connectivity index (χ4n) is 11.0. The van der Waals surface area contributed by atoms with Gasteiger partial charge in [0, 0.05) is 5.92 Å². The van der Waals surface area contributed by atoms with Gasteiger partial charge in [-0.05, 0) is 110 Å². The number of aliphatic hydroxyl groups excluding tert-OH is 1. The molecule has 0 aromatic heterocycles. The van der Waals surface area contributed by atoms with Crippen LogP contribution < -0.4 is 0 Å². The number of hydrogen-bond donors (Lipinski definition) is 1. The molecule has 0 spiro atoms. The molecule has 4 saturated carbocycles. The molecule has 0 aromatic carbocycles. The average molecular weight is 538 g/mol. The van der Waals surface area contributed by atoms with Crippen molar-refractivity contribution in [2.75, 3.05) is 6.54 Å². The number of carbonyl (C=O) groups excluding carboxylic acids is 2. The maximum absolute atomic E-state index is 14.4. The Bertz CT molecular complexity index is 1130. The van der Waals surface area contributed by atoms with Crippen molar-refractivity contribution in [2.45, 2.75) is 119 Å². The van der Waals surface area contributed by atoms with Crippen LogP contribution in [0.3, 0.4) is 0 Å². The van der Waals surface area contributed by atoms with Crippen LogP contribution in [0.1, 0.15) is 113 Å². The predicted octanol–water partition coefficient (Wildman–Crippen LogP) is 6.70. The molecule has 1 amide bonds. The third kappa shape index (κ3) is 3.68. The van der Waals surface area contributed by atoms with Crippen LogP contribution in [0.15, 0.2) is 11.6 Å². The number of hydrogen-bond acceptors (Lipinski definition) is 4. The number of aliphatic hydroxyl groups is 1. The third-order valence-electron chi connectivity index (χ3n) is 13.7. The molecule has 1 N–H and O–H groups in total. The second kappa shape index (κ2) is 8.85. The van der Waals surface area contributed by atoms with Gasteiger partial charge in [0.1, 0.15) is 6.11 Å². The topological polar surface area (TPSA) is 66.8 Å². The predicted molar refractivity (Wildman–Crippen MR) is 153 cm³/mol. The van der Waals surface area contributed by atoms with Gasteiger partial charge < -0.3 is 9.94 Å². The molecule has 5 rings (SSSR count). The first-order valence-electron chi connectivity index (χ1n) is 15.4. The molecular weight excluding hydrogens is 486 g/mol. The number of rotatable bonds is 3. The van der Waals surface area contributed by atoms with Crippen molar-refractivity contribution in [1.82, 2.24) is 5.06 Å². The highest BCUT2D eigenvalue weighted by atomic mass is 16.7. The zero-order chi connectivity index (χ0) is 28.8. The van der Waals surface area contributed by atoms with Gasteiger partial charge in [0.25, 0.3) is 5.91 Å². The van der Waals surface area contributed by atoms with E-state index in [1.165, 1.54) is 10.6 Å². The summed E-state index contributed by atoms with van der Waals surface area (Å²) in [7, 11) is 0. The van der Waals surface area contributed by atoms with Gasteiger partial charge >= 0.3 is 0 Å². The monoisotopic (exact) mass is 537 g/mol. The lowest BCUT2D eigenvalue weighted by molar-refractivity contribution is -0.203. The molecule has 39 heavy (non-hydrogen) atoms. The number of amides is 1. The molecule has 1 unspecified atom stereocenters. The lowest BCUT2D eigenvalue weighted by Crippen LogP contribution is -2.66. The van der Waals surface area contributed by atoms with Gasteiger partial charge in [-0.3, -0.25) is 9.59 Å². The minimum atomic E-state index is -0.579. The Morgan fingerprint density at radius 3 is 2.36 bits per heavy atom. The van der Waals surface area contributed by atoms with E-state index in [0.29, 0.717) is 12.5 Å². The summed E-state index contributed by atoms with van der Waals surface area (Å²) in [4.78, 5) is 33.4. The molecule has 5 aliphatic carbocycles. The van der Waals surface area contributed by atoms with Crippen LogP contribution in [0.25, 0.3) is 0 Å². The Morgan fingerprint density at radius 1 is 1.05 bits per heavy atom. The number of hydroxylamine groups is 2. The van der Waals surface area contributed by atoms with Gasteiger partial charge in [-0.15, -0.1) is 0 Å². The van der Waals surface area contributed by atoms with Crippen LogP contribution in [-0.4, -0.2) is 34.5 Å². The van der Waals surface area contributed by atoms with Crippen molar-refractivity contribution in [2.24, 2.45) is 50.2 Å². The molecule has 0 radical (unpaired) electrons. The molecule has 216 valence electrons. The zero-order valence-corrected chi connectivity index (χ0v) is 25.7. The maximum atomic E-state index is 14.4. The second-order valence-corrected chi connectivity index (χ2v) is 15.8. The molecule has 0 heterocycles. The van der Waals surface area contributed by atoms with Crippen LogP contribution >= 0.6 is 0 Å². The summed E-state index contributed by atoms with van der Waals surface area (Å²) >= 11 is 0. The lowest BCUT2D eigenvalue weighted by Gasteiger charge is -2.70. The van der Waals surface area contributed by atoms with Crippen LogP contribution in [0.4, 0.5) is 0 Å². The smallest absolute Gasteiger partial charge is 0.261 e. The lowest BCUT2D eigenvalue weighted by atomic mass is 9.33. The Balaban J connectivity index is 1.57. The van der Waals surface area contributed by atoms with Gasteiger partial charge in [0.05, 0.1) is 18.1 Å². The van der Waals surface area contributed by atoms with Crippen LogP contribution in [0.5, 0.6) is 0 Å². The van der Waals surface area contributed by atoms with Crippen LogP contribution in [0.2, 0.25) is 0 Å². The fourth-order valence-corrected chi connectivity index (χ4v) is 11.0. The molecule has 9 atom stereocenters. The van der Waals surface area contributed by atoms with Gasteiger partial charge in [-0.25, -0.2) is 0 Å². The van der Waals surface area contributed by atoms with Crippen molar-refractivity contribution in [3.05, 3.63) is 11.6 Å². The third-order valence-corrected chi connectivity index (χ3v) is 13.7. The van der Waals surface area contributed by atoms with E-state index in [9.17, 15) is 14.7 Å². The van der Waals surface area contributed by atoms with Crippen molar-refractivity contribution in [1.29, 1.82) is 0 Å². The largest absolute Gasteiger partial charge is 0.393 e. The molecule has 5 nitrogen and oxygen atoms in total. The summed E-state index contributed by atoms with van der Waals surface area (Å²) in [6, 6.07) is 0. The number of allylic oxidation sites excluding steroid dienone is 2. The Kier molecular flexibility index (Phi) is 6.52.